The van der Waals surface area contributed by atoms with E-state index < -0.39 is 0 Å². The summed E-state index contributed by atoms with van der Waals surface area (Å²) < 4.78 is 20.3. The van der Waals surface area contributed by atoms with Crippen molar-refractivity contribution >= 4 is 10.8 Å². The summed E-state index contributed by atoms with van der Waals surface area (Å²) in [4.78, 5) is 0. The van der Waals surface area contributed by atoms with E-state index in [4.69, 9.17) is 4.74 Å². The predicted molar refractivity (Wildman–Crippen MR) is 129 cm³/mol. The highest BCUT2D eigenvalue weighted by Crippen LogP contribution is 2.40. The van der Waals surface area contributed by atoms with Crippen molar-refractivity contribution in [1.82, 2.24) is 5.32 Å². The van der Waals surface area contributed by atoms with Crippen LogP contribution in [0, 0.1) is 12.7 Å². The third kappa shape index (κ3) is 4.01. The topological polar surface area (TPSA) is 21.3 Å². The fourth-order valence-electron chi connectivity index (χ4n) is 4.86. The first-order chi connectivity index (χ1) is 15.6. The summed E-state index contributed by atoms with van der Waals surface area (Å²) in [5.41, 5.74) is 4.30. The molecule has 3 atom stereocenters. The Labute approximate surface area is 189 Å². The monoisotopic (exact) mass is 425 g/mol. The zero-order chi connectivity index (χ0) is 22.1. The lowest BCUT2D eigenvalue weighted by atomic mass is 9.83. The second kappa shape index (κ2) is 8.76. The largest absolute Gasteiger partial charge is 0.489 e. The Kier molecular flexibility index (Phi) is 5.67. The summed E-state index contributed by atoms with van der Waals surface area (Å²) in [6.07, 6.45) is 0.898. The van der Waals surface area contributed by atoms with Crippen molar-refractivity contribution < 1.29 is 9.13 Å². The van der Waals surface area contributed by atoms with Crippen LogP contribution in [0.4, 0.5) is 4.39 Å². The van der Waals surface area contributed by atoms with Crippen molar-refractivity contribution in [3.8, 4) is 5.75 Å². The number of aryl methyl sites for hydroxylation is 1. The standard InChI is InChI=1S/C29H28FNO/c1-19-16-22(14-15-28(19)30)27-17-23(32-29-13-6-5-11-26(27)29)18-31-20(2)24-12-7-9-21-8-3-4-10-25(21)24/h3-16,20,23,27,31H,17-18H2,1-2H3/t20-,23?,27?/m1/s1. The van der Waals surface area contributed by atoms with Gasteiger partial charge in [-0.1, -0.05) is 72.8 Å². The molecule has 0 spiro atoms. The Bertz CT molecular complexity index is 1250. The molecule has 32 heavy (non-hydrogen) atoms. The Morgan fingerprint density at radius 3 is 2.62 bits per heavy atom. The van der Waals surface area contributed by atoms with Crippen LogP contribution < -0.4 is 10.1 Å². The van der Waals surface area contributed by atoms with Gasteiger partial charge in [0.15, 0.2) is 0 Å². The normalized spacial score (nSPS) is 18.7. The second-order valence-electron chi connectivity index (χ2n) is 8.77. The Hall–Kier alpha value is -3.17. The van der Waals surface area contributed by atoms with Crippen LogP contribution in [-0.4, -0.2) is 12.6 Å². The first-order valence-electron chi connectivity index (χ1n) is 11.3. The summed E-state index contributed by atoms with van der Waals surface area (Å²) in [6.45, 7) is 4.78. The molecule has 0 amide bonds. The van der Waals surface area contributed by atoms with Gasteiger partial charge in [0, 0.05) is 24.1 Å². The molecule has 4 aromatic rings. The molecule has 3 heteroatoms. The third-order valence-electron chi connectivity index (χ3n) is 6.61. The molecular formula is C29H28FNO. The molecule has 1 N–H and O–H groups in total. The minimum atomic E-state index is -0.156. The van der Waals surface area contributed by atoms with Gasteiger partial charge in [0.2, 0.25) is 0 Å². The molecule has 0 saturated heterocycles. The van der Waals surface area contributed by atoms with Crippen LogP contribution in [0.2, 0.25) is 0 Å². The van der Waals surface area contributed by atoms with Crippen LogP contribution in [0.1, 0.15) is 47.6 Å². The summed E-state index contributed by atoms with van der Waals surface area (Å²) in [7, 11) is 0. The van der Waals surface area contributed by atoms with Crippen molar-refractivity contribution in [3.05, 3.63) is 113 Å². The van der Waals surface area contributed by atoms with E-state index in [0.717, 1.165) is 24.3 Å². The van der Waals surface area contributed by atoms with Gasteiger partial charge in [0.05, 0.1) is 0 Å². The number of rotatable bonds is 5. The Balaban J connectivity index is 1.37. The zero-order valence-electron chi connectivity index (χ0n) is 18.5. The lowest BCUT2D eigenvalue weighted by Crippen LogP contribution is -2.37. The number of para-hydroxylation sites is 1. The van der Waals surface area contributed by atoms with E-state index in [1.807, 2.05) is 37.3 Å². The van der Waals surface area contributed by atoms with Gasteiger partial charge in [-0.25, -0.2) is 4.39 Å². The van der Waals surface area contributed by atoms with Crippen LogP contribution in [-0.2, 0) is 0 Å². The van der Waals surface area contributed by atoms with Crippen LogP contribution >= 0.6 is 0 Å². The van der Waals surface area contributed by atoms with E-state index in [2.05, 4.69) is 60.8 Å². The summed E-state index contributed by atoms with van der Waals surface area (Å²) in [5.74, 6) is 0.963. The molecular weight excluding hydrogens is 397 g/mol. The van der Waals surface area contributed by atoms with Gasteiger partial charge in [0.1, 0.15) is 17.7 Å². The van der Waals surface area contributed by atoms with Crippen LogP contribution in [0.3, 0.4) is 0 Å². The van der Waals surface area contributed by atoms with E-state index in [1.165, 1.54) is 21.9 Å². The maximum atomic E-state index is 13.9. The highest BCUT2D eigenvalue weighted by atomic mass is 19.1. The lowest BCUT2D eigenvalue weighted by Gasteiger charge is -2.33. The van der Waals surface area contributed by atoms with Crippen LogP contribution in [0.5, 0.6) is 5.75 Å². The van der Waals surface area contributed by atoms with Gasteiger partial charge in [-0.3, -0.25) is 0 Å². The van der Waals surface area contributed by atoms with Crippen molar-refractivity contribution in [2.45, 2.75) is 38.3 Å². The fourth-order valence-corrected chi connectivity index (χ4v) is 4.86. The average molecular weight is 426 g/mol. The van der Waals surface area contributed by atoms with Crippen LogP contribution in [0.15, 0.2) is 84.9 Å². The van der Waals surface area contributed by atoms with Crippen LogP contribution in [0.25, 0.3) is 10.8 Å². The number of ether oxygens (including phenoxy) is 1. The van der Waals surface area contributed by atoms with E-state index >= 15 is 0 Å². The maximum absolute atomic E-state index is 13.9. The first-order valence-corrected chi connectivity index (χ1v) is 11.3. The maximum Gasteiger partial charge on any atom is 0.126 e. The molecule has 1 aliphatic heterocycles. The van der Waals surface area contributed by atoms with Crippen molar-refractivity contribution in [1.29, 1.82) is 0 Å². The van der Waals surface area contributed by atoms with E-state index in [1.54, 1.807) is 6.07 Å². The number of fused-ring (bicyclic) bond motifs is 2. The number of halogens is 1. The molecule has 4 aromatic carbocycles. The Morgan fingerprint density at radius 2 is 1.75 bits per heavy atom. The molecule has 2 unspecified atom stereocenters. The molecule has 162 valence electrons. The number of benzene rings is 4. The van der Waals surface area contributed by atoms with Gasteiger partial charge < -0.3 is 10.1 Å². The molecule has 1 heterocycles. The summed E-state index contributed by atoms with van der Waals surface area (Å²) >= 11 is 0. The highest BCUT2D eigenvalue weighted by molar-refractivity contribution is 5.86. The second-order valence-corrected chi connectivity index (χ2v) is 8.77. The van der Waals surface area contributed by atoms with Gasteiger partial charge in [-0.05, 0) is 59.9 Å². The van der Waals surface area contributed by atoms with Gasteiger partial charge in [-0.2, -0.15) is 0 Å². The zero-order valence-corrected chi connectivity index (χ0v) is 18.5. The molecule has 0 saturated carbocycles. The number of hydrogen-bond donors (Lipinski definition) is 1. The van der Waals surface area contributed by atoms with Crippen molar-refractivity contribution in [2.75, 3.05) is 6.54 Å². The van der Waals surface area contributed by atoms with Gasteiger partial charge >= 0.3 is 0 Å². The van der Waals surface area contributed by atoms with Gasteiger partial charge in [-0.15, -0.1) is 0 Å². The molecule has 0 radical (unpaired) electrons. The molecule has 0 aromatic heterocycles. The minimum absolute atomic E-state index is 0.0395. The molecule has 0 bridgehead atoms. The van der Waals surface area contributed by atoms with E-state index in [-0.39, 0.29) is 23.9 Å². The predicted octanol–water partition coefficient (Wildman–Crippen LogP) is 6.92. The summed E-state index contributed by atoms with van der Waals surface area (Å²) in [5, 5.41) is 6.24. The first kappa shape index (κ1) is 20.7. The van der Waals surface area contributed by atoms with Crippen molar-refractivity contribution in [3.63, 3.8) is 0 Å². The SMILES string of the molecule is Cc1cc(C2CC(CN[C@H](C)c3cccc4ccccc34)Oc3ccccc32)ccc1F. The smallest absolute Gasteiger partial charge is 0.126 e. The molecule has 0 fully saturated rings. The van der Waals surface area contributed by atoms with E-state index in [0.29, 0.717) is 5.56 Å². The van der Waals surface area contributed by atoms with Crippen molar-refractivity contribution in [2.24, 2.45) is 0 Å². The van der Waals surface area contributed by atoms with Gasteiger partial charge in [0.25, 0.3) is 0 Å². The third-order valence-corrected chi connectivity index (χ3v) is 6.61. The average Bonchev–Trinajstić information content (AvgIpc) is 2.83. The lowest BCUT2D eigenvalue weighted by molar-refractivity contribution is 0.159. The number of hydrogen-bond acceptors (Lipinski definition) is 2. The quantitative estimate of drug-likeness (QED) is 0.375. The molecule has 2 nitrogen and oxygen atoms in total. The fraction of sp³-hybridized carbons (Fsp3) is 0.241. The van der Waals surface area contributed by atoms with E-state index in [9.17, 15) is 4.39 Å². The summed E-state index contributed by atoms with van der Waals surface area (Å²) in [6, 6.07) is 28.9. The highest BCUT2D eigenvalue weighted by Gasteiger charge is 2.29. The number of nitrogens with one attached hydrogen (secondary N) is 1. The molecule has 1 aliphatic rings. The molecule has 0 aliphatic carbocycles. The Morgan fingerprint density at radius 1 is 0.969 bits per heavy atom. The minimum Gasteiger partial charge on any atom is -0.489 e. The molecule has 5 rings (SSSR count).